The molecule has 34 heavy (non-hydrogen) atoms. The number of nitrogens with one attached hydrogen (secondary N) is 2. The molecule has 178 valence electrons. The number of hydrogen-bond donors (Lipinski definition) is 3. The Morgan fingerprint density at radius 2 is 1.76 bits per heavy atom. The van der Waals surface area contributed by atoms with E-state index < -0.39 is 19.1 Å². The van der Waals surface area contributed by atoms with Gasteiger partial charge in [-0.15, -0.1) is 0 Å². The number of amides is 1. The van der Waals surface area contributed by atoms with E-state index in [2.05, 4.69) is 10.5 Å². The second-order valence-corrected chi connectivity index (χ2v) is 9.44. The summed E-state index contributed by atoms with van der Waals surface area (Å²) < 4.78 is 6.01. The molecule has 0 aliphatic rings. The summed E-state index contributed by atoms with van der Waals surface area (Å²) in [7, 11) is -0.794. The van der Waals surface area contributed by atoms with Crippen LogP contribution in [0.1, 0.15) is 29.2 Å². The topological polar surface area (TPSA) is 70.6 Å². The maximum absolute atomic E-state index is 13.3. The van der Waals surface area contributed by atoms with Crippen molar-refractivity contribution in [2.75, 3.05) is 12.0 Å². The van der Waals surface area contributed by atoms with Crippen LogP contribution in [-0.4, -0.2) is 36.0 Å². The van der Waals surface area contributed by atoms with Crippen LogP contribution in [0, 0.1) is 0 Å². The minimum absolute atomic E-state index is 0.185. The molecule has 3 rings (SSSR count). The highest BCUT2D eigenvalue weighted by molar-refractivity contribution is 7.98. The van der Waals surface area contributed by atoms with Crippen LogP contribution in [0.25, 0.3) is 0 Å². The van der Waals surface area contributed by atoms with E-state index in [1.807, 2.05) is 79.1 Å². The van der Waals surface area contributed by atoms with Gasteiger partial charge in [0.1, 0.15) is 12.4 Å². The van der Waals surface area contributed by atoms with Gasteiger partial charge in [0.15, 0.2) is 0 Å². The van der Waals surface area contributed by atoms with Gasteiger partial charge in [0.2, 0.25) is 5.91 Å². The number of ether oxygens (including phenoxy) is 1. The highest BCUT2D eigenvalue weighted by Gasteiger charge is 2.25. The van der Waals surface area contributed by atoms with Crippen LogP contribution in [0.15, 0.2) is 78.9 Å². The van der Waals surface area contributed by atoms with Crippen molar-refractivity contribution in [2.45, 2.75) is 31.9 Å². The fourth-order valence-electron chi connectivity index (χ4n) is 3.63. The lowest BCUT2D eigenvalue weighted by atomic mass is 9.86. The summed E-state index contributed by atoms with van der Waals surface area (Å²) in [5.74, 6) is 1.32. The quantitative estimate of drug-likeness (QED) is 0.310. The fraction of sp³-hybridized carbons (Fsp3) is 0.269. The van der Waals surface area contributed by atoms with E-state index in [0.29, 0.717) is 23.8 Å². The van der Waals surface area contributed by atoms with Gasteiger partial charge in [-0.1, -0.05) is 66.2 Å². The zero-order valence-corrected chi connectivity index (χ0v) is 21.0. The molecule has 5 nitrogen and oxygen atoms in total. The van der Waals surface area contributed by atoms with E-state index in [9.17, 15) is 9.82 Å². The first-order valence-corrected chi connectivity index (χ1v) is 13.0. The van der Waals surface area contributed by atoms with Crippen LogP contribution in [0.4, 0.5) is 0 Å². The Bertz CT molecular complexity index is 1050. The molecule has 0 aromatic heterocycles. The van der Waals surface area contributed by atoms with Gasteiger partial charge in [-0.3, -0.25) is 4.79 Å². The summed E-state index contributed by atoms with van der Waals surface area (Å²) in [4.78, 5) is 13.3. The van der Waals surface area contributed by atoms with Gasteiger partial charge < -0.3 is 20.3 Å². The molecule has 0 saturated carbocycles. The van der Waals surface area contributed by atoms with Crippen LogP contribution in [-0.2, 0) is 11.4 Å². The van der Waals surface area contributed by atoms with E-state index in [1.165, 1.54) is 0 Å². The molecule has 0 fully saturated rings. The van der Waals surface area contributed by atoms with Crippen molar-refractivity contribution in [1.29, 1.82) is 0 Å². The van der Waals surface area contributed by atoms with E-state index >= 15 is 0 Å². The number of rotatable bonds is 12. The summed E-state index contributed by atoms with van der Waals surface area (Å²) in [6.45, 7) is 2.06. The molecular formula is C26H30BClN2O3S. The van der Waals surface area contributed by atoms with Gasteiger partial charge in [0.05, 0.1) is 12.1 Å². The second-order valence-electron chi connectivity index (χ2n) is 8.02. The average Bonchev–Trinajstić information content (AvgIpc) is 2.84. The lowest BCUT2D eigenvalue weighted by Gasteiger charge is -2.25. The minimum Gasteiger partial charge on any atom is -0.489 e. The summed E-state index contributed by atoms with van der Waals surface area (Å²) in [5.41, 5.74) is 2.82. The lowest BCUT2D eigenvalue weighted by molar-refractivity contribution is -0.123. The van der Waals surface area contributed by atoms with E-state index in [0.717, 1.165) is 22.4 Å². The zero-order valence-electron chi connectivity index (χ0n) is 19.4. The molecule has 0 saturated heterocycles. The number of halogens is 1. The summed E-state index contributed by atoms with van der Waals surface area (Å²) in [6, 6.07) is 24.2. The number of carbonyl (C=O) groups is 1. The van der Waals surface area contributed by atoms with Crippen molar-refractivity contribution in [3.8, 4) is 5.75 Å². The Morgan fingerprint density at radius 1 is 1.06 bits per heavy atom. The maximum atomic E-state index is 13.3. The third kappa shape index (κ3) is 8.10. The van der Waals surface area contributed by atoms with Crippen molar-refractivity contribution in [2.24, 2.45) is 0 Å². The van der Waals surface area contributed by atoms with Crippen molar-refractivity contribution in [3.63, 3.8) is 0 Å². The molecule has 3 N–H and O–H groups in total. The van der Waals surface area contributed by atoms with Gasteiger partial charge in [-0.2, -0.15) is 11.8 Å². The van der Waals surface area contributed by atoms with Gasteiger partial charge >= 0.3 is 7.05 Å². The Kier molecular flexibility index (Phi) is 10.3. The largest absolute Gasteiger partial charge is 0.489 e. The highest BCUT2D eigenvalue weighted by atomic mass is 35.5. The molecule has 0 aliphatic carbocycles. The number of thioether (sulfide) groups is 1. The predicted molar refractivity (Wildman–Crippen MR) is 142 cm³/mol. The standard InChI is InChI=1S/C26H30BClN2O3S/c1-27(32)30-24(14-15-34-2)26(31)29-25(20-10-6-12-22(28)16-20)21-11-7-13-23(17-21)33-18-19-8-4-3-5-9-19/h3-13,16-17,24-25,30,32H,14-15,18H2,1-2H3,(H,29,31)/t24-,25?/m1/s1. The van der Waals surface area contributed by atoms with Crippen LogP contribution in [0.3, 0.4) is 0 Å². The van der Waals surface area contributed by atoms with Gasteiger partial charge in [-0.25, -0.2) is 0 Å². The zero-order chi connectivity index (χ0) is 24.3. The first-order valence-electron chi connectivity index (χ1n) is 11.2. The van der Waals surface area contributed by atoms with E-state index in [-0.39, 0.29) is 5.91 Å². The normalized spacial score (nSPS) is 12.6. The first kappa shape index (κ1) is 26.2. The van der Waals surface area contributed by atoms with Crippen LogP contribution in [0.2, 0.25) is 11.8 Å². The lowest BCUT2D eigenvalue weighted by Crippen LogP contribution is -2.50. The summed E-state index contributed by atoms with van der Waals surface area (Å²) in [5, 5.41) is 16.5. The molecule has 0 heterocycles. The summed E-state index contributed by atoms with van der Waals surface area (Å²) in [6.07, 6.45) is 2.59. The molecule has 3 aromatic rings. The minimum atomic E-state index is -0.794. The molecular weight excluding hydrogens is 467 g/mol. The molecule has 3 aromatic carbocycles. The smallest absolute Gasteiger partial charge is 0.374 e. The molecule has 0 bridgehead atoms. The Balaban J connectivity index is 1.85. The average molecular weight is 497 g/mol. The molecule has 1 amide bonds. The molecule has 1 unspecified atom stereocenters. The number of benzene rings is 3. The monoisotopic (exact) mass is 496 g/mol. The van der Waals surface area contributed by atoms with Crippen molar-refractivity contribution >= 4 is 36.3 Å². The molecule has 0 spiro atoms. The Morgan fingerprint density at radius 3 is 2.44 bits per heavy atom. The van der Waals surface area contributed by atoms with Crippen LogP contribution < -0.4 is 15.3 Å². The Hall–Kier alpha value is -2.45. The SMILES string of the molecule is CSCC[C@@H](NB(C)O)C(=O)NC(c1cccc(Cl)c1)c1cccc(OCc2ccccc2)c1. The van der Waals surface area contributed by atoms with Crippen LogP contribution in [0.5, 0.6) is 5.75 Å². The highest BCUT2D eigenvalue weighted by Crippen LogP contribution is 2.28. The first-order chi connectivity index (χ1) is 16.5. The number of hydrogen-bond acceptors (Lipinski definition) is 5. The third-order valence-corrected chi connectivity index (χ3v) is 6.16. The molecule has 8 heteroatoms. The molecule has 2 atom stereocenters. The summed E-state index contributed by atoms with van der Waals surface area (Å²) >= 11 is 7.93. The van der Waals surface area contributed by atoms with Crippen molar-refractivity contribution in [1.82, 2.24) is 10.5 Å². The third-order valence-electron chi connectivity index (χ3n) is 5.28. The molecule has 0 aliphatic heterocycles. The fourth-order valence-corrected chi connectivity index (χ4v) is 4.30. The Labute approximate surface area is 211 Å². The predicted octanol–water partition coefficient (Wildman–Crippen LogP) is 4.95. The second kappa shape index (κ2) is 13.4. The van der Waals surface area contributed by atoms with Crippen molar-refractivity contribution in [3.05, 3.63) is 101 Å². The molecule has 0 radical (unpaired) electrons. The maximum Gasteiger partial charge on any atom is 0.374 e. The van der Waals surface area contributed by atoms with Gasteiger partial charge in [0.25, 0.3) is 0 Å². The van der Waals surface area contributed by atoms with Gasteiger partial charge in [0, 0.05) is 5.02 Å². The van der Waals surface area contributed by atoms with Crippen LogP contribution >= 0.6 is 23.4 Å². The van der Waals surface area contributed by atoms with E-state index in [1.54, 1.807) is 24.7 Å². The van der Waals surface area contributed by atoms with Gasteiger partial charge in [-0.05, 0) is 66.2 Å². The van der Waals surface area contributed by atoms with Crippen molar-refractivity contribution < 1.29 is 14.6 Å². The number of carbonyl (C=O) groups excluding carboxylic acids is 1. The van der Waals surface area contributed by atoms with E-state index in [4.69, 9.17) is 16.3 Å².